The Kier molecular flexibility index (Phi) is 6.86. The summed E-state index contributed by atoms with van der Waals surface area (Å²) in [6, 6.07) is 9.68. The third-order valence-corrected chi connectivity index (χ3v) is 4.30. The van der Waals surface area contributed by atoms with Gasteiger partial charge in [-0.2, -0.15) is 0 Å². The number of nitrogens with one attached hydrogen (secondary N) is 1. The van der Waals surface area contributed by atoms with Gasteiger partial charge in [0.15, 0.2) is 0 Å². The predicted molar refractivity (Wildman–Crippen MR) is 95.0 cm³/mol. The highest BCUT2D eigenvalue weighted by atomic mass is 17.0. The van der Waals surface area contributed by atoms with Crippen LogP contribution in [0.2, 0.25) is 0 Å². The topological polar surface area (TPSA) is 239 Å². The minimum absolute atomic E-state index is 0.283. The normalized spacial score (nSPS) is 13.4. The van der Waals surface area contributed by atoms with Gasteiger partial charge in [0.25, 0.3) is 0 Å². The number of carbonyl (C=O) groups is 1. The van der Waals surface area contributed by atoms with Crippen LogP contribution in [0.4, 0.5) is 0 Å². The Bertz CT molecular complexity index is 941. The lowest BCUT2D eigenvalue weighted by atomic mass is 10.0. The second kappa shape index (κ2) is 8.58. The number of hydrogen-bond acceptors (Lipinski definition) is 14. The highest BCUT2D eigenvalue weighted by Crippen LogP contribution is 2.35. The number of methoxy groups -OCH3 is 1. The molecule has 0 amide bonds. The standard InChI is InChI=1S/C17H21NO13/c1-29-12-5-4-10-6-9(2-3-11(10)8-12)7-13(19)30-16(24,25)14(20,21)15(22,23)17(26,27)31-18-28/h2-6,8,18,20-28H,7H2,1H3. The molecular formula is C17H21NO13. The third-order valence-electron chi connectivity index (χ3n) is 4.30. The molecule has 2 rings (SSSR count). The molecule has 31 heavy (non-hydrogen) atoms. The van der Waals surface area contributed by atoms with Crippen molar-refractivity contribution in [3.05, 3.63) is 42.0 Å². The maximum atomic E-state index is 12.1. The molecule has 0 spiro atoms. The van der Waals surface area contributed by atoms with Gasteiger partial charge >= 0.3 is 29.5 Å². The zero-order chi connectivity index (χ0) is 23.7. The molecule has 0 saturated heterocycles. The second-order valence-electron chi connectivity index (χ2n) is 6.45. The van der Waals surface area contributed by atoms with E-state index >= 15 is 0 Å². The van der Waals surface area contributed by atoms with Crippen LogP contribution >= 0.6 is 0 Å². The van der Waals surface area contributed by atoms with Crippen LogP contribution in [-0.4, -0.2) is 82.7 Å². The van der Waals surface area contributed by atoms with Crippen molar-refractivity contribution in [3.8, 4) is 5.75 Å². The van der Waals surface area contributed by atoms with E-state index in [1.807, 2.05) is 0 Å². The molecule has 0 aliphatic heterocycles. The highest BCUT2D eigenvalue weighted by Gasteiger charge is 2.74. The fourth-order valence-electron chi connectivity index (χ4n) is 2.53. The molecule has 172 valence electrons. The largest absolute Gasteiger partial charge is 0.497 e. The van der Waals surface area contributed by atoms with Crippen LogP contribution in [0.1, 0.15) is 5.56 Å². The fraction of sp³-hybridized carbons (Fsp3) is 0.353. The average molecular weight is 447 g/mol. The van der Waals surface area contributed by atoms with E-state index in [2.05, 4.69) is 9.57 Å². The Morgan fingerprint density at radius 2 is 1.42 bits per heavy atom. The van der Waals surface area contributed by atoms with E-state index in [1.54, 1.807) is 24.3 Å². The summed E-state index contributed by atoms with van der Waals surface area (Å²) < 4.78 is 9.18. The van der Waals surface area contributed by atoms with Crippen LogP contribution < -0.4 is 10.4 Å². The van der Waals surface area contributed by atoms with Crippen molar-refractivity contribution >= 4 is 16.7 Å². The molecule has 2 aromatic carbocycles. The highest BCUT2D eigenvalue weighted by molar-refractivity contribution is 5.85. The van der Waals surface area contributed by atoms with Crippen LogP contribution in [0.15, 0.2) is 36.4 Å². The zero-order valence-electron chi connectivity index (χ0n) is 15.8. The molecule has 0 radical (unpaired) electrons. The molecule has 0 bridgehead atoms. The van der Waals surface area contributed by atoms with Crippen molar-refractivity contribution in [2.75, 3.05) is 7.11 Å². The molecule has 14 heteroatoms. The Morgan fingerprint density at radius 1 is 0.871 bits per heavy atom. The summed E-state index contributed by atoms with van der Waals surface area (Å²) in [6.07, 6.45) is -0.650. The number of aliphatic hydroxyl groups is 8. The molecule has 0 fully saturated rings. The first-order chi connectivity index (χ1) is 14.2. The molecule has 2 aromatic rings. The van der Waals surface area contributed by atoms with Crippen molar-refractivity contribution in [2.24, 2.45) is 0 Å². The Morgan fingerprint density at radius 3 is 2.00 bits per heavy atom. The van der Waals surface area contributed by atoms with Gasteiger partial charge in [-0.05, 0) is 28.5 Å². The van der Waals surface area contributed by atoms with Gasteiger partial charge in [-0.1, -0.05) is 29.9 Å². The number of benzene rings is 2. The first-order valence-electron chi connectivity index (χ1n) is 8.33. The Balaban J connectivity index is 2.20. The zero-order valence-corrected chi connectivity index (χ0v) is 15.8. The van der Waals surface area contributed by atoms with Crippen LogP contribution in [0.5, 0.6) is 5.75 Å². The van der Waals surface area contributed by atoms with E-state index in [1.165, 1.54) is 19.2 Å². The van der Waals surface area contributed by atoms with E-state index in [0.29, 0.717) is 16.8 Å². The van der Waals surface area contributed by atoms with Gasteiger partial charge < -0.3 is 50.3 Å². The maximum Gasteiger partial charge on any atom is 0.387 e. The van der Waals surface area contributed by atoms with E-state index in [0.717, 1.165) is 5.39 Å². The minimum Gasteiger partial charge on any atom is -0.497 e. The summed E-state index contributed by atoms with van der Waals surface area (Å²) in [5, 5.41) is 86.1. The summed E-state index contributed by atoms with van der Waals surface area (Å²) in [7, 11) is 1.49. The molecule has 0 heterocycles. The lowest BCUT2D eigenvalue weighted by molar-refractivity contribution is -0.583. The van der Waals surface area contributed by atoms with Gasteiger partial charge in [-0.15, -0.1) is 0 Å². The summed E-state index contributed by atoms with van der Waals surface area (Å²) >= 11 is 0. The first kappa shape index (κ1) is 24.8. The Hall–Kier alpha value is -2.47. The summed E-state index contributed by atoms with van der Waals surface area (Å²) in [4.78, 5) is 15.5. The first-order valence-corrected chi connectivity index (χ1v) is 8.33. The van der Waals surface area contributed by atoms with Crippen molar-refractivity contribution in [1.82, 2.24) is 5.64 Å². The molecule has 10 N–H and O–H groups in total. The summed E-state index contributed by atoms with van der Waals surface area (Å²) in [5.41, 5.74) is 0.895. The van der Waals surface area contributed by atoms with Crippen molar-refractivity contribution in [2.45, 2.75) is 29.9 Å². The van der Waals surface area contributed by atoms with Crippen molar-refractivity contribution in [3.63, 3.8) is 0 Å². The van der Waals surface area contributed by atoms with E-state index in [-0.39, 0.29) is 5.56 Å². The van der Waals surface area contributed by atoms with Crippen LogP contribution in [0.3, 0.4) is 0 Å². The van der Waals surface area contributed by atoms with Crippen molar-refractivity contribution in [1.29, 1.82) is 0 Å². The Labute approximate surface area is 173 Å². The van der Waals surface area contributed by atoms with E-state index < -0.39 is 35.9 Å². The maximum absolute atomic E-state index is 12.1. The number of rotatable bonds is 9. The number of esters is 1. The van der Waals surface area contributed by atoms with Gasteiger partial charge in [0.1, 0.15) is 5.75 Å². The molecule has 0 atom stereocenters. The predicted octanol–water partition coefficient (Wildman–Crippen LogP) is -3.52. The SMILES string of the molecule is COc1ccc2cc(CC(=O)OC(O)(O)C(O)(O)C(O)(O)C(O)(O)ONO)ccc2c1. The lowest BCUT2D eigenvalue weighted by Crippen LogP contribution is -2.78. The van der Waals surface area contributed by atoms with Gasteiger partial charge in [0.2, 0.25) is 0 Å². The molecule has 0 aliphatic carbocycles. The number of ether oxygens (including phenoxy) is 2. The monoisotopic (exact) mass is 447 g/mol. The van der Waals surface area contributed by atoms with Gasteiger partial charge in [-0.25, -0.2) is 4.84 Å². The minimum atomic E-state index is -4.78. The summed E-state index contributed by atoms with van der Waals surface area (Å²) in [6.45, 7) is 0. The fourth-order valence-corrected chi connectivity index (χ4v) is 2.53. The number of fused-ring (bicyclic) bond motifs is 1. The van der Waals surface area contributed by atoms with Gasteiger partial charge in [-0.3, -0.25) is 10.0 Å². The average Bonchev–Trinajstić information content (AvgIpc) is 2.66. The molecular weight excluding hydrogens is 426 g/mol. The smallest absolute Gasteiger partial charge is 0.387 e. The van der Waals surface area contributed by atoms with Crippen LogP contribution in [-0.2, 0) is 20.8 Å². The second-order valence-corrected chi connectivity index (χ2v) is 6.45. The van der Waals surface area contributed by atoms with Crippen LogP contribution in [0.25, 0.3) is 10.8 Å². The van der Waals surface area contributed by atoms with Crippen LogP contribution in [0, 0.1) is 0 Å². The molecule has 0 aliphatic rings. The molecule has 0 aromatic heterocycles. The summed E-state index contributed by atoms with van der Waals surface area (Å²) in [5.74, 6) is -19.4. The van der Waals surface area contributed by atoms with E-state index in [4.69, 9.17) is 9.94 Å². The number of carbonyl (C=O) groups excluding carboxylic acids is 1. The third kappa shape index (κ3) is 4.74. The quantitative estimate of drug-likeness (QED) is 0.102. The van der Waals surface area contributed by atoms with Gasteiger partial charge in [0.05, 0.1) is 13.5 Å². The molecule has 0 saturated carbocycles. The molecule has 0 unspecified atom stereocenters. The van der Waals surface area contributed by atoms with Gasteiger partial charge in [0, 0.05) is 0 Å². The van der Waals surface area contributed by atoms with E-state index in [9.17, 15) is 45.6 Å². The van der Waals surface area contributed by atoms with Crippen molar-refractivity contribution < 1.29 is 65.2 Å². The molecule has 14 nitrogen and oxygen atoms in total. The number of hydrogen-bond donors (Lipinski definition) is 10. The lowest BCUT2D eigenvalue weighted by Gasteiger charge is -2.44.